The number of rotatable bonds is 5. The fourth-order valence-corrected chi connectivity index (χ4v) is 12.2. The first-order valence-electron chi connectivity index (χ1n) is 23.7. The fourth-order valence-electron chi connectivity index (χ4n) is 12.2. The molecule has 14 rings (SSSR count). The van der Waals surface area contributed by atoms with E-state index >= 15 is 0 Å². The quantitative estimate of drug-likeness (QED) is 0.171. The van der Waals surface area contributed by atoms with Crippen LogP contribution >= 0.6 is 0 Å². The van der Waals surface area contributed by atoms with E-state index in [0.717, 1.165) is 39.3 Å². The van der Waals surface area contributed by atoms with E-state index in [1.165, 1.54) is 88.7 Å². The lowest BCUT2D eigenvalue weighted by Gasteiger charge is -2.40. The molecule has 11 aromatic rings. The largest absolute Gasteiger partial charge is 0.455 e. The average Bonchev–Trinajstić information content (AvgIpc) is 3.82. The van der Waals surface area contributed by atoms with Crippen LogP contribution in [0, 0.1) is 0 Å². The second kappa shape index (κ2) is 14.5. The molecule has 0 N–H and O–H groups in total. The van der Waals surface area contributed by atoms with Gasteiger partial charge in [0.1, 0.15) is 11.5 Å². The molecular formula is C66H45NO. The molecular weight excluding hydrogens is 823 g/mol. The third-order valence-electron chi connectivity index (χ3n) is 15.3. The van der Waals surface area contributed by atoms with Gasteiger partial charge in [0, 0.05) is 44.4 Å². The van der Waals surface area contributed by atoms with E-state index in [9.17, 15) is 0 Å². The normalized spacial score (nSPS) is 14.1. The Morgan fingerprint density at radius 3 is 1.60 bits per heavy atom. The van der Waals surface area contributed by atoms with Crippen molar-refractivity contribution >= 4 is 38.6 Å². The first-order valence-corrected chi connectivity index (χ1v) is 23.7. The Balaban J connectivity index is 0.956. The highest BCUT2D eigenvalue weighted by Crippen LogP contribution is 2.65. The Hall–Kier alpha value is -8.46. The number of hydrogen-bond donors (Lipinski definition) is 0. The highest BCUT2D eigenvalue weighted by molar-refractivity contribution is 6.02. The van der Waals surface area contributed by atoms with Crippen molar-refractivity contribution in [3.05, 3.63) is 270 Å². The Labute approximate surface area is 397 Å². The summed E-state index contributed by atoms with van der Waals surface area (Å²) in [7, 11) is 0. The summed E-state index contributed by atoms with van der Waals surface area (Å²) in [4.78, 5) is 2.43. The summed E-state index contributed by atoms with van der Waals surface area (Å²) in [5, 5.41) is 4.58. The number of nitrogens with zero attached hydrogens (tertiary/aromatic N) is 1. The molecule has 0 unspecified atom stereocenters. The Morgan fingerprint density at radius 2 is 0.868 bits per heavy atom. The Kier molecular flexibility index (Phi) is 8.28. The van der Waals surface area contributed by atoms with Crippen LogP contribution in [0.3, 0.4) is 0 Å². The zero-order valence-electron chi connectivity index (χ0n) is 37.9. The van der Waals surface area contributed by atoms with Gasteiger partial charge in [-0.15, -0.1) is 0 Å². The maximum Gasteiger partial charge on any atom is 0.140 e. The van der Waals surface area contributed by atoms with Crippen molar-refractivity contribution in [3.8, 4) is 56.0 Å². The first-order chi connectivity index (χ1) is 33.5. The van der Waals surface area contributed by atoms with E-state index in [1.807, 2.05) is 0 Å². The first kappa shape index (κ1) is 38.8. The molecule has 11 aromatic carbocycles. The molecule has 0 bridgehead atoms. The van der Waals surface area contributed by atoms with Gasteiger partial charge in [0.15, 0.2) is 0 Å². The van der Waals surface area contributed by atoms with Gasteiger partial charge < -0.3 is 9.64 Å². The Bertz CT molecular complexity index is 3780. The van der Waals surface area contributed by atoms with Gasteiger partial charge in [-0.3, -0.25) is 0 Å². The molecule has 0 fully saturated rings. The molecule has 1 heterocycles. The molecule has 2 heteroatoms. The van der Waals surface area contributed by atoms with Gasteiger partial charge in [0.2, 0.25) is 0 Å². The minimum Gasteiger partial charge on any atom is -0.455 e. The van der Waals surface area contributed by atoms with Crippen molar-refractivity contribution in [2.75, 3.05) is 4.90 Å². The van der Waals surface area contributed by atoms with Gasteiger partial charge >= 0.3 is 0 Å². The molecule has 68 heavy (non-hydrogen) atoms. The van der Waals surface area contributed by atoms with Crippen molar-refractivity contribution < 1.29 is 4.74 Å². The van der Waals surface area contributed by atoms with Crippen LogP contribution in [0.15, 0.2) is 237 Å². The smallest absolute Gasteiger partial charge is 0.140 e. The standard InChI is InChI=1S/C66H45NO/c1-65(2)56-27-12-10-24-53(56)54-37-36-49(41-61(54)65)67(48-21-14-20-46(40-48)42-16-4-3-5-17-42)47-34-30-45(31-35-47)50-26-15-29-58-62(50)55-25-11-13-28-57(55)66(58)59-38-32-43-18-6-8-22-51(43)63(59)68-64-52-23-9-7-19-44(52)33-39-60(64)66/h3-41H,1-2H3. The summed E-state index contributed by atoms with van der Waals surface area (Å²) in [6.45, 7) is 4.72. The van der Waals surface area contributed by atoms with Gasteiger partial charge in [-0.2, -0.15) is 0 Å². The number of benzene rings is 11. The molecule has 0 saturated heterocycles. The van der Waals surface area contributed by atoms with Crippen molar-refractivity contribution in [2.24, 2.45) is 0 Å². The van der Waals surface area contributed by atoms with Crippen molar-refractivity contribution in [1.82, 2.24) is 0 Å². The molecule has 1 aliphatic heterocycles. The van der Waals surface area contributed by atoms with E-state index in [0.29, 0.717) is 0 Å². The summed E-state index contributed by atoms with van der Waals surface area (Å²) in [6.07, 6.45) is 0. The minimum atomic E-state index is -0.611. The lowest BCUT2D eigenvalue weighted by molar-refractivity contribution is 0.447. The molecule has 0 amide bonds. The minimum absolute atomic E-state index is 0.129. The number of anilines is 3. The van der Waals surface area contributed by atoms with Crippen LogP contribution in [-0.2, 0) is 10.8 Å². The van der Waals surface area contributed by atoms with Crippen LogP contribution < -0.4 is 9.64 Å². The molecule has 0 atom stereocenters. The van der Waals surface area contributed by atoms with Gasteiger partial charge in [-0.1, -0.05) is 214 Å². The molecule has 2 nitrogen and oxygen atoms in total. The molecule has 3 aliphatic rings. The molecule has 1 spiro atoms. The van der Waals surface area contributed by atoms with E-state index in [-0.39, 0.29) is 5.41 Å². The summed E-state index contributed by atoms with van der Waals surface area (Å²) in [6, 6.07) is 87.4. The fraction of sp³-hybridized carbons (Fsp3) is 0.0606. The van der Waals surface area contributed by atoms with Crippen LogP contribution in [0.2, 0.25) is 0 Å². The lowest BCUT2D eigenvalue weighted by Crippen LogP contribution is -2.32. The number of hydrogen-bond acceptors (Lipinski definition) is 2. The third kappa shape index (κ3) is 5.40. The van der Waals surface area contributed by atoms with Gasteiger partial charge in [0.05, 0.1) is 5.41 Å². The molecule has 320 valence electrons. The maximum absolute atomic E-state index is 7.22. The van der Waals surface area contributed by atoms with E-state index < -0.39 is 5.41 Å². The zero-order valence-corrected chi connectivity index (χ0v) is 37.9. The monoisotopic (exact) mass is 867 g/mol. The molecule has 2 aliphatic carbocycles. The van der Waals surface area contributed by atoms with Crippen molar-refractivity contribution in [1.29, 1.82) is 0 Å². The highest BCUT2D eigenvalue weighted by atomic mass is 16.5. The predicted molar refractivity (Wildman–Crippen MR) is 282 cm³/mol. The Morgan fingerprint density at radius 1 is 0.324 bits per heavy atom. The van der Waals surface area contributed by atoms with E-state index in [1.54, 1.807) is 0 Å². The second-order valence-corrected chi connectivity index (χ2v) is 19.2. The number of ether oxygens (including phenoxy) is 1. The van der Waals surface area contributed by atoms with Crippen molar-refractivity contribution in [2.45, 2.75) is 24.7 Å². The van der Waals surface area contributed by atoms with Crippen LogP contribution in [0.5, 0.6) is 11.5 Å². The van der Waals surface area contributed by atoms with Crippen LogP contribution in [0.1, 0.15) is 47.2 Å². The summed E-state index contributed by atoms with van der Waals surface area (Å²) in [5.41, 5.74) is 20.2. The molecule has 0 aromatic heterocycles. The predicted octanol–water partition coefficient (Wildman–Crippen LogP) is 17.6. The van der Waals surface area contributed by atoms with Gasteiger partial charge in [0.25, 0.3) is 0 Å². The highest BCUT2D eigenvalue weighted by Gasteiger charge is 2.52. The molecule has 0 saturated carbocycles. The van der Waals surface area contributed by atoms with E-state index in [4.69, 9.17) is 4.74 Å². The summed E-state index contributed by atoms with van der Waals surface area (Å²) in [5.74, 6) is 1.86. The third-order valence-corrected chi connectivity index (χ3v) is 15.3. The van der Waals surface area contributed by atoms with Crippen LogP contribution in [-0.4, -0.2) is 0 Å². The van der Waals surface area contributed by atoms with Crippen LogP contribution in [0.4, 0.5) is 17.1 Å². The van der Waals surface area contributed by atoms with Gasteiger partial charge in [-0.05, 0) is 114 Å². The summed E-state index contributed by atoms with van der Waals surface area (Å²) < 4.78 is 7.22. The maximum atomic E-state index is 7.22. The van der Waals surface area contributed by atoms with Crippen molar-refractivity contribution in [3.63, 3.8) is 0 Å². The lowest BCUT2D eigenvalue weighted by atomic mass is 9.65. The average molecular weight is 868 g/mol. The molecule has 0 radical (unpaired) electrons. The van der Waals surface area contributed by atoms with Gasteiger partial charge in [-0.25, -0.2) is 0 Å². The van der Waals surface area contributed by atoms with E-state index in [2.05, 4.69) is 255 Å². The summed E-state index contributed by atoms with van der Waals surface area (Å²) >= 11 is 0. The van der Waals surface area contributed by atoms with Crippen LogP contribution in [0.25, 0.3) is 66.1 Å². The zero-order chi connectivity index (χ0) is 45.1. The number of fused-ring (bicyclic) bond motifs is 16. The topological polar surface area (TPSA) is 12.5 Å². The SMILES string of the molecule is CC1(C)c2ccccc2-c2ccc(N(c3ccc(-c4cccc5c4-c4ccccc4C54c5ccc6ccccc6c5Oc5c4ccc4ccccc54)cc3)c3cccc(-c4ccccc4)c3)cc21. The second-order valence-electron chi connectivity index (χ2n) is 19.2.